The highest BCUT2D eigenvalue weighted by molar-refractivity contribution is 6.30. The number of ether oxygens (including phenoxy) is 1. The minimum Gasteiger partial charge on any atom is -0.497 e. The van der Waals surface area contributed by atoms with E-state index in [0.29, 0.717) is 11.4 Å². The van der Waals surface area contributed by atoms with Crippen LogP contribution in [0.5, 0.6) is 5.75 Å². The van der Waals surface area contributed by atoms with Gasteiger partial charge in [0.2, 0.25) is 5.95 Å². The summed E-state index contributed by atoms with van der Waals surface area (Å²) in [5.41, 5.74) is -0.324. The zero-order chi connectivity index (χ0) is 19.4. The summed E-state index contributed by atoms with van der Waals surface area (Å²) in [5, 5.41) is 5.63. The fraction of sp³-hybridized carbons (Fsp3) is 0.111. The first-order valence-electron chi connectivity index (χ1n) is 7.73. The third kappa shape index (κ3) is 4.79. The summed E-state index contributed by atoms with van der Waals surface area (Å²) in [4.78, 5) is 8.25. The number of aromatic nitrogens is 2. The number of nitrogens with zero attached hydrogens (tertiary/aromatic N) is 2. The molecule has 3 aromatic rings. The Morgan fingerprint density at radius 2 is 1.74 bits per heavy atom. The number of anilines is 4. The van der Waals surface area contributed by atoms with Gasteiger partial charge in [-0.3, -0.25) is 0 Å². The summed E-state index contributed by atoms with van der Waals surface area (Å²) in [7, 11) is 1.56. The predicted octanol–water partition coefficient (Wildman–Crippen LogP) is 5.64. The molecule has 2 N–H and O–H groups in total. The lowest BCUT2D eigenvalue weighted by atomic mass is 10.1. The average molecular weight is 395 g/mol. The molecule has 5 nitrogen and oxygen atoms in total. The molecule has 0 spiro atoms. The molecule has 1 heterocycles. The fourth-order valence-corrected chi connectivity index (χ4v) is 2.46. The minimum atomic E-state index is -4.55. The molecule has 0 fully saturated rings. The molecule has 140 valence electrons. The molecule has 0 saturated carbocycles. The van der Waals surface area contributed by atoms with E-state index in [4.69, 9.17) is 16.3 Å². The van der Waals surface area contributed by atoms with Gasteiger partial charge in [0.1, 0.15) is 11.6 Å². The van der Waals surface area contributed by atoms with Crippen molar-refractivity contribution >= 4 is 34.7 Å². The number of rotatable bonds is 5. The van der Waals surface area contributed by atoms with E-state index >= 15 is 0 Å². The molecule has 27 heavy (non-hydrogen) atoms. The second kappa shape index (κ2) is 7.71. The summed E-state index contributed by atoms with van der Waals surface area (Å²) >= 11 is 5.69. The largest absolute Gasteiger partial charge is 0.497 e. The molecule has 0 aliphatic rings. The maximum Gasteiger partial charge on any atom is 0.418 e. The molecule has 0 bridgehead atoms. The quantitative estimate of drug-likeness (QED) is 0.586. The van der Waals surface area contributed by atoms with Crippen molar-refractivity contribution in [2.75, 3.05) is 17.7 Å². The molecule has 3 rings (SSSR count). The van der Waals surface area contributed by atoms with Gasteiger partial charge in [0, 0.05) is 16.9 Å². The Labute approximate surface area is 158 Å². The monoisotopic (exact) mass is 394 g/mol. The molecular weight excluding hydrogens is 381 g/mol. The molecule has 0 atom stereocenters. The average Bonchev–Trinajstić information content (AvgIpc) is 2.63. The van der Waals surface area contributed by atoms with Crippen molar-refractivity contribution in [3.05, 3.63) is 65.3 Å². The van der Waals surface area contributed by atoms with Gasteiger partial charge in [-0.25, -0.2) is 4.98 Å². The molecule has 0 saturated heterocycles. The van der Waals surface area contributed by atoms with Gasteiger partial charge < -0.3 is 15.4 Å². The Balaban J connectivity index is 1.82. The Hall–Kier alpha value is -3.00. The number of hydrogen-bond donors (Lipinski definition) is 2. The number of nitrogens with one attached hydrogen (secondary N) is 2. The first-order chi connectivity index (χ1) is 12.8. The molecule has 0 aliphatic carbocycles. The SMILES string of the molecule is COc1ccc(Nc2nccc(Nc3ccc(Cl)cc3C(F)(F)F)n2)cc1. The summed E-state index contributed by atoms with van der Waals surface area (Å²) in [6, 6.07) is 12.0. The third-order valence-corrected chi connectivity index (χ3v) is 3.79. The van der Waals surface area contributed by atoms with Gasteiger partial charge in [0.15, 0.2) is 0 Å². The van der Waals surface area contributed by atoms with E-state index in [-0.39, 0.29) is 22.5 Å². The molecule has 9 heteroatoms. The smallest absolute Gasteiger partial charge is 0.418 e. The maximum absolute atomic E-state index is 13.2. The van der Waals surface area contributed by atoms with Crippen molar-refractivity contribution < 1.29 is 17.9 Å². The first kappa shape index (κ1) is 18.8. The molecular formula is C18H14ClF3N4O. The van der Waals surface area contributed by atoms with Gasteiger partial charge >= 0.3 is 6.18 Å². The van der Waals surface area contributed by atoms with E-state index < -0.39 is 11.7 Å². The normalized spacial score (nSPS) is 11.1. The lowest BCUT2D eigenvalue weighted by Crippen LogP contribution is -2.09. The summed E-state index contributed by atoms with van der Waals surface area (Å²) in [5.74, 6) is 1.13. The van der Waals surface area contributed by atoms with Crippen molar-refractivity contribution in [3.63, 3.8) is 0 Å². The zero-order valence-corrected chi connectivity index (χ0v) is 14.8. The molecule has 0 amide bonds. The van der Waals surface area contributed by atoms with Crippen LogP contribution in [0, 0.1) is 0 Å². The lowest BCUT2D eigenvalue weighted by molar-refractivity contribution is -0.136. The van der Waals surface area contributed by atoms with E-state index in [1.807, 2.05) is 0 Å². The molecule has 0 unspecified atom stereocenters. The second-order valence-corrected chi connectivity index (χ2v) is 5.87. The Kier molecular flexibility index (Phi) is 5.36. The second-order valence-electron chi connectivity index (χ2n) is 5.43. The number of hydrogen-bond acceptors (Lipinski definition) is 5. The van der Waals surface area contributed by atoms with Crippen LogP contribution in [0.4, 0.5) is 36.3 Å². The van der Waals surface area contributed by atoms with Crippen LogP contribution >= 0.6 is 11.6 Å². The zero-order valence-electron chi connectivity index (χ0n) is 14.0. The van der Waals surface area contributed by atoms with Crippen LogP contribution < -0.4 is 15.4 Å². The maximum atomic E-state index is 13.2. The van der Waals surface area contributed by atoms with Gasteiger partial charge in [-0.2, -0.15) is 18.2 Å². The topological polar surface area (TPSA) is 59.1 Å². The van der Waals surface area contributed by atoms with Crippen LogP contribution in [-0.4, -0.2) is 17.1 Å². The molecule has 0 radical (unpaired) electrons. The van der Waals surface area contributed by atoms with Crippen LogP contribution in [0.25, 0.3) is 0 Å². The minimum absolute atomic E-state index is 0.00239. The van der Waals surface area contributed by atoms with Gasteiger partial charge in [-0.15, -0.1) is 0 Å². The Morgan fingerprint density at radius 1 is 1.00 bits per heavy atom. The number of alkyl halides is 3. The van der Waals surface area contributed by atoms with E-state index in [1.54, 1.807) is 31.4 Å². The lowest BCUT2D eigenvalue weighted by Gasteiger charge is -2.15. The van der Waals surface area contributed by atoms with E-state index in [2.05, 4.69) is 20.6 Å². The van der Waals surface area contributed by atoms with Crippen LogP contribution in [-0.2, 0) is 6.18 Å². The number of methoxy groups -OCH3 is 1. The van der Waals surface area contributed by atoms with E-state index in [1.165, 1.54) is 24.4 Å². The Morgan fingerprint density at radius 3 is 2.41 bits per heavy atom. The van der Waals surface area contributed by atoms with Crippen molar-refractivity contribution in [1.82, 2.24) is 9.97 Å². The predicted molar refractivity (Wildman–Crippen MR) is 98.0 cm³/mol. The standard InChI is InChI=1S/C18H14ClF3N4O/c1-27-13-5-3-12(4-6-13)24-17-23-9-8-16(26-17)25-15-7-2-11(19)10-14(15)18(20,21)22/h2-10H,1H3,(H2,23,24,25,26). The summed E-state index contributed by atoms with van der Waals surface area (Å²) in [6.45, 7) is 0. The van der Waals surface area contributed by atoms with Crippen molar-refractivity contribution in [1.29, 1.82) is 0 Å². The molecule has 0 aliphatic heterocycles. The van der Waals surface area contributed by atoms with Crippen LogP contribution in [0.2, 0.25) is 5.02 Å². The van der Waals surface area contributed by atoms with Crippen LogP contribution in [0.3, 0.4) is 0 Å². The third-order valence-electron chi connectivity index (χ3n) is 3.55. The number of benzene rings is 2. The van der Waals surface area contributed by atoms with Gasteiger partial charge in [-0.1, -0.05) is 11.6 Å². The van der Waals surface area contributed by atoms with Gasteiger partial charge in [-0.05, 0) is 48.5 Å². The first-order valence-corrected chi connectivity index (χ1v) is 8.11. The van der Waals surface area contributed by atoms with E-state index in [9.17, 15) is 13.2 Å². The highest BCUT2D eigenvalue weighted by Crippen LogP contribution is 2.37. The molecule has 2 aromatic carbocycles. The van der Waals surface area contributed by atoms with E-state index in [0.717, 1.165) is 6.07 Å². The van der Waals surface area contributed by atoms with Crippen molar-refractivity contribution in [2.24, 2.45) is 0 Å². The number of halogens is 4. The van der Waals surface area contributed by atoms with Gasteiger partial charge in [0.05, 0.1) is 18.4 Å². The highest BCUT2D eigenvalue weighted by atomic mass is 35.5. The summed E-state index contributed by atoms with van der Waals surface area (Å²) < 4.78 is 44.7. The van der Waals surface area contributed by atoms with Crippen LogP contribution in [0.1, 0.15) is 5.56 Å². The Bertz CT molecular complexity index is 933. The van der Waals surface area contributed by atoms with Crippen LogP contribution in [0.15, 0.2) is 54.7 Å². The van der Waals surface area contributed by atoms with Gasteiger partial charge in [0.25, 0.3) is 0 Å². The van der Waals surface area contributed by atoms with Crippen molar-refractivity contribution in [3.8, 4) is 5.75 Å². The summed E-state index contributed by atoms with van der Waals surface area (Å²) in [6.07, 6.45) is -3.12. The fourth-order valence-electron chi connectivity index (χ4n) is 2.29. The van der Waals surface area contributed by atoms with Crippen molar-refractivity contribution in [2.45, 2.75) is 6.18 Å². The highest BCUT2D eigenvalue weighted by Gasteiger charge is 2.33. The molecule has 1 aromatic heterocycles.